The lowest BCUT2D eigenvalue weighted by Crippen LogP contribution is -2.48. The summed E-state index contributed by atoms with van der Waals surface area (Å²) in [6.45, 7) is 1.50. The van der Waals surface area contributed by atoms with E-state index in [1.807, 2.05) is 19.1 Å². The number of methoxy groups -OCH3 is 1. The van der Waals surface area contributed by atoms with Crippen molar-refractivity contribution >= 4 is 22.8 Å². The Morgan fingerprint density at radius 2 is 1.60 bits per heavy atom. The molecule has 6 rings (SSSR count). The molecule has 0 radical (unpaired) electrons. The molecule has 0 spiro atoms. The van der Waals surface area contributed by atoms with Crippen LogP contribution in [0, 0.1) is 17.8 Å². The van der Waals surface area contributed by atoms with Crippen molar-refractivity contribution in [3.8, 4) is 5.75 Å². The van der Waals surface area contributed by atoms with Crippen LogP contribution in [0.25, 0.3) is 0 Å². The highest BCUT2D eigenvalue weighted by Crippen LogP contribution is 2.62. The van der Waals surface area contributed by atoms with E-state index in [0.717, 1.165) is 29.5 Å². The van der Waals surface area contributed by atoms with Crippen LogP contribution >= 0.6 is 11.8 Å². The Hall–Kier alpha value is -2.35. The van der Waals surface area contributed by atoms with Crippen molar-refractivity contribution in [2.24, 2.45) is 17.8 Å². The van der Waals surface area contributed by atoms with Gasteiger partial charge in [0.2, 0.25) is 5.12 Å². The zero-order valence-electron chi connectivity index (χ0n) is 20.2. The topological polar surface area (TPSA) is 82.1 Å². The summed E-state index contributed by atoms with van der Waals surface area (Å²) in [5.41, 5.74) is 1.99. The minimum Gasteiger partial charge on any atom is -0.478 e. The number of hydrogen-bond donors (Lipinski definition) is 1. The summed E-state index contributed by atoms with van der Waals surface area (Å²) in [5, 5.41) is 8.98. The van der Waals surface area contributed by atoms with Gasteiger partial charge in [0.1, 0.15) is 5.75 Å². The summed E-state index contributed by atoms with van der Waals surface area (Å²) in [7, 11) is 1.55. The highest BCUT2D eigenvalue weighted by molar-refractivity contribution is 8.14. The molecule has 0 heterocycles. The normalized spacial score (nSPS) is 27.5. The Morgan fingerprint density at radius 1 is 1.00 bits per heavy atom. The minimum atomic E-state index is -0.989. The van der Waals surface area contributed by atoms with Crippen molar-refractivity contribution in [1.29, 1.82) is 0 Å². The van der Waals surface area contributed by atoms with E-state index in [9.17, 15) is 9.59 Å². The Kier molecular flexibility index (Phi) is 6.93. The quantitative estimate of drug-likeness (QED) is 0.330. The highest BCUT2D eigenvalue weighted by atomic mass is 32.2. The number of aromatic carboxylic acids is 1. The Labute approximate surface area is 210 Å². The predicted octanol–water partition coefficient (Wildman–Crippen LogP) is 6.13. The third kappa shape index (κ3) is 4.99. The standard InChI is InChI=1S/C28H32O6S/c1-3-33-27(32-2)34-24-13-21(26(31)35-22-7-4-20(5-8-22)25(29)30)6-9-23(24)28-14-17-10-18(15-28)12-19(11-17)16-28/h4-9,13,17-19,27H,3,10-12,14-16H2,1-2H3,(H,29,30). The molecular formula is C28H32O6S. The summed E-state index contributed by atoms with van der Waals surface area (Å²) in [6.07, 6.45) is 7.59. The van der Waals surface area contributed by atoms with E-state index in [1.165, 1.54) is 56.2 Å². The van der Waals surface area contributed by atoms with Crippen LogP contribution in [-0.2, 0) is 14.9 Å². The van der Waals surface area contributed by atoms with E-state index in [2.05, 4.69) is 6.07 Å². The summed E-state index contributed by atoms with van der Waals surface area (Å²) < 4.78 is 17.3. The monoisotopic (exact) mass is 496 g/mol. The van der Waals surface area contributed by atoms with Gasteiger partial charge in [0.15, 0.2) is 0 Å². The summed E-state index contributed by atoms with van der Waals surface area (Å²) in [6, 6.07) is 12.2. The summed E-state index contributed by atoms with van der Waals surface area (Å²) in [5.74, 6) is 2.02. The number of carboxylic acid groups (broad SMARTS) is 1. The molecule has 0 saturated heterocycles. The van der Waals surface area contributed by atoms with Gasteiger partial charge in [-0.2, -0.15) is 0 Å². The lowest BCUT2D eigenvalue weighted by molar-refractivity contribution is -0.231. The Bertz CT molecular complexity index is 1060. The van der Waals surface area contributed by atoms with Crippen LogP contribution in [-0.4, -0.2) is 36.4 Å². The molecule has 35 heavy (non-hydrogen) atoms. The molecule has 7 heteroatoms. The second-order valence-corrected chi connectivity index (χ2v) is 11.3. The van der Waals surface area contributed by atoms with Crippen molar-refractivity contribution < 1.29 is 28.9 Å². The second-order valence-electron chi connectivity index (χ2n) is 10.2. The minimum absolute atomic E-state index is 0.0932. The molecule has 2 aromatic rings. The number of carbonyl (C=O) groups is 2. The van der Waals surface area contributed by atoms with E-state index in [0.29, 0.717) is 22.8 Å². The number of carbonyl (C=O) groups excluding carboxylic acids is 1. The molecule has 4 bridgehead atoms. The highest BCUT2D eigenvalue weighted by Gasteiger charge is 2.52. The molecule has 4 aliphatic rings. The Balaban J connectivity index is 1.44. The first kappa shape index (κ1) is 24.3. The van der Waals surface area contributed by atoms with Crippen LogP contribution in [0.2, 0.25) is 0 Å². The van der Waals surface area contributed by atoms with Gasteiger partial charge in [0, 0.05) is 23.1 Å². The van der Waals surface area contributed by atoms with Gasteiger partial charge in [-0.15, -0.1) is 0 Å². The van der Waals surface area contributed by atoms with Gasteiger partial charge in [0.25, 0.3) is 0 Å². The fraction of sp³-hybridized carbons (Fsp3) is 0.500. The van der Waals surface area contributed by atoms with E-state index < -0.39 is 12.4 Å². The smallest absolute Gasteiger partial charge is 0.335 e. The van der Waals surface area contributed by atoms with Gasteiger partial charge in [-0.1, -0.05) is 6.07 Å². The van der Waals surface area contributed by atoms with Crippen LogP contribution in [0.1, 0.15) is 71.7 Å². The predicted molar refractivity (Wildman–Crippen MR) is 133 cm³/mol. The fourth-order valence-electron chi connectivity index (χ4n) is 6.85. The third-order valence-electron chi connectivity index (χ3n) is 7.86. The second kappa shape index (κ2) is 9.96. The molecule has 1 atom stereocenters. The molecule has 1 N–H and O–H groups in total. The maximum Gasteiger partial charge on any atom is 0.335 e. The van der Waals surface area contributed by atoms with Gasteiger partial charge in [-0.05, 0) is 117 Å². The summed E-state index contributed by atoms with van der Waals surface area (Å²) in [4.78, 5) is 25.0. The van der Waals surface area contributed by atoms with Crippen molar-refractivity contribution in [3.05, 3.63) is 59.2 Å². The molecule has 0 aliphatic heterocycles. The SMILES string of the molecule is CCOC(OC)Oc1cc(C(=O)Sc2ccc(C(=O)O)cc2)ccc1C12CC3CC(CC(C3)C1)C2. The van der Waals surface area contributed by atoms with Gasteiger partial charge in [-0.25, -0.2) is 4.79 Å². The van der Waals surface area contributed by atoms with E-state index >= 15 is 0 Å². The number of thioether (sulfide) groups is 1. The number of carboxylic acids is 1. The maximum absolute atomic E-state index is 13.2. The first-order chi connectivity index (χ1) is 16.9. The maximum atomic E-state index is 13.2. The molecule has 186 valence electrons. The summed E-state index contributed by atoms with van der Waals surface area (Å²) >= 11 is 1.08. The van der Waals surface area contributed by atoms with E-state index in [4.69, 9.17) is 19.3 Å². The Morgan fingerprint density at radius 3 is 2.14 bits per heavy atom. The molecule has 4 saturated carbocycles. The first-order valence-corrected chi connectivity index (χ1v) is 13.2. The van der Waals surface area contributed by atoms with E-state index in [1.54, 1.807) is 19.2 Å². The van der Waals surface area contributed by atoms with Crippen molar-refractivity contribution in [2.75, 3.05) is 13.7 Å². The van der Waals surface area contributed by atoms with Gasteiger partial charge in [0.05, 0.1) is 12.2 Å². The van der Waals surface area contributed by atoms with Crippen LogP contribution in [0.3, 0.4) is 0 Å². The van der Waals surface area contributed by atoms with E-state index in [-0.39, 0.29) is 16.1 Å². The molecule has 1 unspecified atom stereocenters. The van der Waals surface area contributed by atoms with Gasteiger partial charge < -0.3 is 19.3 Å². The van der Waals surface area contributed by atoms with Crippen molar-refractivity contribution in [1.82, 2.24) is 0 Å². The van der Waals surface area contributed by atoms with Gasteiger partial charge in [-0.3, -0.25) is 4.79 Å². The van der Waals surface area contributed by atoms with Crippen molar-refractivity contribution in [3.63, 3.8) is 0 Å². The average molecular weight is 497 g/mol. The molecule has 0 amide bonds. The average Bonchev–Trinajstić information content (AvgIpc) is 2.83. The molecular weight excluding hydrogens is 464 g/mol. The molecule has 0 aromatic heterocycles. The number of ether oxygens (including phenoxy) is 3. The lowest BCUT2D eigenvalue weighted by atomic mass is 9.48. The van der Waals surface area contributed by atoms with Crippen LogP contribution in [0.15, 0.2) is 47.4 Å². The van der Waals surface area contributed by atoms with Crippen molar-refractivity contribution in [2.45, 2.75) is 62.2 Å². The zero-order chi connectivity index (χ0) is 24.6. The first-order valence-electron chi connectivity index (χ1n) is 12.4. The molecule has 6 nitrogen and oxygen atoms in total. The van der Waals surface area contributed by atoms with Crippen LogP contribution in [0.5, 0.6) is 5.75 Å². The number of rotatable bonds is 9. The molecule has 4 fully saturated rings. The fourth-order valence-corrected chi connectivity index (χ4v) is 7.58. The third-order valence-corrected chi connectivity index (χ3v) is 8.79. The van der Waals surface area contributed by atoms with Crippen LogP contribution < -0.4 is 4.74 Å². The number of hydrogen-bond acceptors (Lipinski definition) is 6. The molecule has 2 aromatic carbocycles. The van der Waals surface area contributed by atoms with Crippen LogP contribution in [0.4, 0.5) is 0 Å². The largest absolute Gasteiger partial charge is 0.478 e. The lowest BCUT2D eigenvalue weighted by Gasteiger charge is -2.57. The number of benzene rings is 2. The zero-order valence-corrected chi connectivity index (χ0v) is 21.0. The van der Waals surface area contributed by atoms with Gasteiger partial charge >= 0.3 is 12.4 Å². The molecule has 4 aliphatic carbocycles.